The van der Waals surface area contributed by atoms with E-state index in [0.29, 0.717) is 6.42 Å². The molecule has 3 heteroatoms. The largest absolute Gasteiger partial charge is 0.294 e. The number of ketones is 1. The molecule has 2 nitrogen and oxygen atoms in total. The maximum absolute atomic E-state index is 12.7. The van der Waals surface area contributed by atoms with Gasteiger partial charge in [0.05, 0.1) is 5.56 Å². The monoisotopic (exact) mass is 183 g/mol. The zero-order valence-corrected chi connectivity index (χ0v) is 8.17. The van der Waals surface area contributed by atoms with Gasteiger partial charge < -0.3 is 0 Å². The van der Waals surface area contributed by atoms with Crippen molar-refractivity contribution >= 4 is 5.78 Å². The highest BCUT2D eigenvalue weighted by Crippen LogP contribution is 2.05. The van der Waals surface area contributed by atoms with E-state index in [9.17, 15) is 9.18 Å². The van der Waals surface area contributed by atoms with Crippen molar-refractivity contribution in [3.63, 3.8) is 0 Å². The molecule has 1 aromatic rings. The fraction of sp³-hybridized carbons (Fsp3) is 0.400. The third-order valence-electron chi connectivity index (χ3n) is 1.38. The lowest BCUT2D eigenvalue weighted by Crippen LogP contribution is -2.01. The highest BCUT2D eigenvalue weighted by atomic mass is 19.1. The van der Waals surface area contributed by atoms with Gasteiger partial charge in [-0.05, 0) is 12.1 Å². The molecule has 0 fully saturated rings. The normalized spacial score (nSPS) is 8.62. The summed E-state index contributed by atoms with van der Waals surface area (Å²) in [6.45, 7) is 5.69. The van der Waals surface area contributed by atoms with Crippen LogP contribution in [0.15, 0.2) is 18.3 Å². The van der Waals surface area contributed by atoms with Crippen LogP contribution in [-0.2, 0) is 0 Å². The van der Waals surface area contributed by atoms with Gasteiger partial charge in [0.25, 0.3) is 0 Å². The van der Waals surface area contributed by atoms with Gasteiger partial charge in [0.15, 0.2) is 5.78 Å². The Hall–Kier alpha value is -1.25. The minimum Gasteiger partial charge on any atom is -0.294 e. The van der Waals surface area contributed by atoms with E-state index in [2.05, 4.69) is 4.98 Å². The SMILES string of the molecule is CC.CCC(=O)c1cccnc1F. The van der Waals surface area contributed by atoms with Crippen molar-refractivity contribution in [2.45, 2.75) is 27.2 Å². The van der Waals surface area contributed by atoms with Gasteiger partial charge >= 0.3 is 0 Å². The van der Waals surface area contributed by atoms with Crippen LogP contribution in [0.3, 0.4) is 0 Å². The number of hydrogen-bond donors (Lipinski definition) is 0. The van der Waals surface area contributed by atoms with Gasteiger partial charge in [0, 0.05) is 12.6 Å². The molecule has 0 aromatic carbocycles. The molecular formula is C10H14FNO. The number of carbonyl (C=O) groups is 1. The summed E-state index contributed by atoms with van der Waals surface area (Å²) >= 11 is 0. The predicted octanol–water partition coefficient (Wildman–Crippen LogP) is 2.84. The molecule has 0 N–H and O–H groups in total. The molecule has 0 saturated carbocycles. The van der Waals surface area contributed by atoms with Crippen LogP contribution in [0.1, 0.15) is 37.6 Å². The van der Waals surface area contributed by atoms with Crippen LogP contribution in [0.2, 0.25) is 0 Å². The van der Waals surface area contributed by atoms with Crippen LogP contribution in [0.4, 0.5) is 4.39 Å². The third kappa shape index (κ3) is 3.32. The molecule has 0 unspecified atom stereocenters. The first-order chi connectivity index (χ1) is 6.25. The van der Waals surface area contributed by atoms with Gasteiger partial charge in [-0.25, -0.2) is 4.98 Å². The van der Waals surface area contributed by atoms with Crippen LogP contribution < -0.4 is 0 Å². The van der Waals surface area contributed by atoms with Crippen molar-refractivity contribution in [1.82, 2.24) is 4.98 Å². The summed E-state index contributed by atoms with van der Waals surface area (Å²) < 4.78 is 12.7. The zero-order valence-electron chi connectivity index (χ0n) is 8.17. The topological polar surface area (TPSA) is 30.0 Å². The molecule has 0 spiro atoms. The molecule has 0 aliphatic heterocycles. The van der Waals surface area contributed by atoms with E-state index in [-0.39, 0.29) is 11.3 Å². The summed E-state index contributed by atoms with van der Waals surface area (Å²) in [6, 6.07) is 2.99. The van der Waals surface area contributed by atoms with Gasteiger partial charge in [0.2, 0.25) is 5.95 Å². The third-order valence-corrected chi connectivity index (χ3v) is 1.38. The number of Topliss-reactive ketones (excluding diaryl/α,β-unsaturated/α-hetero) is 1. The molecule has 1 aromatic heterocycles. The fourth-order valence-corrected chi connectivity index (χ4v) is 0.784. The standard InChI is InChI=1S/C8H8FNO.C2H6/c1-2-7(11)6-4-3-5-10-8(6)9;1-2/h3-5H,2H2,1H3;1-2H3. The lowest BCUT2D eigenvalue weighted by Gasteiger charge is -1.96. The maximum Gasteiger partial charge on any atom is 0.223 e. The summed E-state index contributed by atoms with van der Waals surface area (Å²) in [7, 11) is 0. The fourth-order valence-electron chi connectivity index (χ4n) is 0.784. The second-order valence-electron chi connectivity index (χ2n) is 2.12. The van der Waals surface area contributed by atoms with E-state index in [1.54, 1.807) is 13.0 Å². The van der Waals surface area contributed by atoms with Crippen molar-refractivity contribution in [3.05, 3.63) is 29.8 Å². The lowest BCUT2D eigenvalue weighted by molar-refractivity contribution is 0.0983. The van der Waals surface area contributed by atoms with Gasteiger partial charge in [0.1, 0.15) is 0 Å². The second kappa shape index (κ2) is 6.29. The van der Waals surface area contributed by atoms with Crippen molar-refractivity contribution in [3.8, 4) is 0 Å². The number of aromatic nitrogens is 1. The molecule has 0 bridgehead atoms. The number of pyridine rings is 1. The van der Waals surface area contributed by atoms with Crippen LogP contribution in [0.5, 0.6) is 0 Å². The minimum absolute atomic E-state index is 0.0787. The Morgan fingerprint density at radius 2 is 2.15 bits per heavy atom. The molecule has 72 valence electrons. The highest BCUT2D eigenvalue weighted by Gasteiger charge is 2.08. The number of halogens is 1. The Balaban J connectivity index is 0.000000671. The Morgan fingerprint density at radius 3 is 2.62 bits per heavy atom. The van der Waals surface area contributed by atoms with E-state index < -0.39 is 5.95 Å². The molecular weight excluding hydrogens is 169 g/mol. The first kappa shape index (κ1) is 11.8. The summed E-state index contributed by atoms with van der Waals surface area (Å²) in [5.74, 6) is -0.894. The van der Waals surface area contributed by atoms with Gasteiger partial charge in [-0.2, -0.15) is 4.39 Å². The molecule has 13 heavy (non-hydrogen) atoms. The zero-order chi connectivity index (χ0) is 10.3. The summed E-state index contributed by atoms with van der Waals surface area (Å²) in [6.07, 6.45) is 1.63. The number of hydrogen-bond acceptors (Lipinski definition) is 2. The van der Waals surface area contributed by atoms with Gasteiger partial charge in [-0.3, -0.25) is 4.79 Å². The molecule has 0 radical (unpaired) electrons. The molecule has 0 aliphatic rings. The first-order valence-electron chi connectivity index (χ1n) is 4.39. The number of carbonyl (C=O) groups excluding carboxylic acids is 1. The van der Waals surface area contributed by atoms with Crippen molar-refractivity contribution in [1.29, 1.82) is 0 Å². The van der Waals surface area contributed by atoms with Gasteiger partial charge in [-0.1, -0.05) is 20.8 Å². The molecule has 0 aliphatic carbocycles. The molecule has 0 amide bonds. The summed E-state index contributed by atoms with van der Waals surface area (Å²) in [5.41, 5.74) is 0.0787. The maximum atomic E-state index is 12.7. The average Bonchev–Trinajstić information content (AvgIpc) is 2.20. The van der Waals surface area contributed by atoms with Crippen molar-refractivity contribution < 1.29 is 9.18 Å². The van der Waals surface area contributed by atoms with E-state index in [4.69, 9.17) is 0 Å². The summed E-state index contributed by atoms with van der Waals surface area (Å²) in [4.78, 5) is 14.3. The van der Waals surface area contributed by atoms with Crippen LogP contribution >= 0.6 is 0 Å². The molecule has 0 saturated heterocycles. The predicted molar refractivity (Wildman–Crippen MR) is 50.2 cm³/mol. The lowest BCUT2D eigenvalue weighted by atomic mass is 10.1. The highest BCUT2D eigenvalue weighted by molar-refractivity contribution is 5.95. The van der Waals surface area contributed by atoms with E-state index in [0.717, 1.165) is 0 Å². The van der Waals surface area contributed by atoms with E-state index in [1.807, 2.05) is 13.8 Å². The Kier molecular flexibility index (Phi) is 5.68. The van der Waals surface area contributed by atoms with Crippen molar-refractivity contribution in [2.75, 3.05) is 0 Å². The van der Waals surface area contributed by atoms with Crippen LogP contribution in [0, 0.1) is 5.95 Å². The second-order valence-corrected chi connectivity index (χ2v) is 2.12. The number of nitrogens with zero attached hydrogens (tertiary/aromatic N) is 1. The quantitative estimate of drug-likeness (QED) is 0.521. The first-order valence-corrected chi connectivity index (χ1v) is 4.39. The minimum atomic E-state index is -0.681. The average molecular weight is 183 g/mol. The summed E-state index contributed by atoms with van der Waals surface area (Å²) in [5, 5.41) is 0. The van der Waals surface area contributed by atoms with Crippen LogP contribution in [0.25, 0.3) is 0 Å². The Morgan fingerprint density at radius 1 is 1.54 bits per heavy atom. The smallest absolute Gasteiger partial charge is 0.223 e. The Bertz CT molecular complexity index is 273. The Labute approximate surface area is 77.8 Å². The molecule has 0 atom stereocenters. The van der Waals surface area contributed by atoms with Crippen molar-refractivity contribution in [2.24, 2.45) is 0 Å². The van der Waals surface area contributed by atoms with Gasteiger partial charge in [-0.15, -0.1) is 0 Å². The van der Waals surface area contributed by atoms with Crippen LogP contribution in [-0.4, -0.2) is 10.8 Å². The molecule has 1 rings (SSSR count). The van der Waals surface area contributed by atoms with E-state index >= 15 is 0 Å². The molecule has 1 heterocycles. The number of rotatable bonds is 2. The van der Waals surface area contributed by atoms with E-state index in [1.165, 1.54) is 12.3 Å².